The van der Waals surface area contributed by atoms with E-state index >= 15 is 0 Å². The summed E-state index contributed by atoms with van der Waals surface area (Å²) in [7, 11) is 1.69. The van der Waals surface area contributed by atoms with Crippen molar-refractivity contribution in [2.45, 2.75) is 65.6 Å². The highest BCUT2D eigenvalue weighted by molar-refractivity contribution is 5.43. The van der Waals surface area contributed by atoms with Crippen molar-refractivity contribution in [2.75, 3.05) is 7.11 Å². The van der Waals surface area contributed by atoms with Crippen LogP contribution in [0.2, 0.25) is 0 Å². The Morgan fingerprint density at radius 1 is 1.20 bits per heavy atom. The summed E-state index contributed by atoms with van der Waals surface area (Å²) >= 11 is 0. The van der Waals surface area contributed by atoms with Crippen LogP contribution in [0.4, 0.5) is 0 Å². The molecule has 0 aromatic heterocycles. The zero-order valence-electron chi connectivity index (χ0n) is 13.7. The molecule has 0 fully saturated rings. The quantitative estimate of drug-likeness (QED) is 0.813. The second-order valence-corrected chi connectivity index (χ2v) is 6.31. The molecule has 1 aromatic carbocycles. The summed E-state index contributed by atoms with van der Waals surface area (Å²) in [6.45, 7) is 11.6. The molecule has 0 amide bonds. The van der Waals surface area contributed by atoms with Gasteiger partial charge in [-0.3, -0.25) is 0 Å². The van der Waals surface area contributed by atoms with E-state index in [0.717, 1.165) is 30.9 Å². The molecule has 1 atom stereocenters. The summed E-state index contributed by atoms with van der Waals surface area (Å²) in [6.07, 6.45) is 2.39. The van der Waals surface area contributed by atoms with Gasteiger partial charge in [-0.15, -0.1) is 0 Å². The van der Waals surface area contributed by atoms with E-state index in [1.807, 2.05) is 12.1 Å². The van der Waals surface area contributed by atoms with E-state index < -0.39 is 0 Å². The fourth-order valence-corrected chi connectivity index (χ4v) is 1.97. The number of ether oxygens (including phenoxy) is 2. The Morgan fingerprint density at radius 2 is 1.90 bits per heavy atom. The zero-order valence-corrected chi connectivity index (χ0v) is 13.7. The highest BCUT2D eigenvalue weighted by Crippen LogP contribution is 2.29. The third kappa shape index (κ3) is 5.83. The van der Waals surface area contributed by atoms with Crippen LogP contribution in [-0.2, 0) is 6.54 Å². The van der Waals surface area contributed by atoms with Crippen molar-refractivity contribution in [2.24, 2.45) is 0 Å². The first-order valence-electron chi connectivity index (χ1n) is 7.44. The molecule has 0 saturated carbocycles. The molecule has 1 aromatic rings. The van der Waals surface area contributed by atoms with Crippen molar-refractivity contribution in [1.29, 1.82) is 0 Å². The van der Waals surface area contributed by atoms with Gasteiger partial charge in [0.05, 0.1) is 13.2 Å². The third-order valence-corrected chi connectivity index (χ3v) is 3.07. The van der Waals surface area contributed by atoms with Crippen LogP contribution in [0.3, 0.4) is 0 Å². The van der Waals surface area contributed by atoms with Gasteiger partial charge >= 0.3 is 0 Å². The Kier molecular flexibility index (Phi) is 6.34. The van der Waals surface area contributed by atoms with Gasteiger partial charge in [-0.2, -0.15) is 0 Å². The molecule has 1 unspecified atom stereocenters. The molecule has 0 radical (unpaired) electrons. The van der Waals surface area contributed by atoms with Crippen molar-refractivity contribution in [3.63, 3.8) is 0 Å². The largest absolute Gasteiger partial charge is 0.493 e. The van der Waals surface area contributed by atoms with Crippen LogP contribution in [0, 0.1) is 0 Å². The standard InChI is InChI=1S/C17H29NO2/c1-7-8-13(2)20-15-10-9-14(11-16(15)19-6)12-18-17(3,4)5/h9-11,13,18H,7-8,12H2,1-6H3. The number of rotatable bonds is 7. The lowest BCUT2D eigenvalue weighted by molar-refractivity contribution is 0.200. The second kappa shape index (κ2) is 7.53. The molecule has 1 rings (SSSR count). The zero-order chi connectivity index (χ0) is 15.2. The van der Waals surface area contributed by atoms with E-state index in [-0.39, 0.29) is 11.6 Å². The molecule has 3 nitrogen and oxygen atoms in total. The Bertz CT molecular complexity index is 410. The van der Waals surface area contributed by atoms with Crippen LogP contribution in [-0.4, -0.2) is 18.8 Å². The topological polar surface area (TPSA) is 30.5 Å². The fourth-order valence-electron chi connectivity index (χ4n) is 1.97. The van der Waals surface area contributed by atoms with Gasteiger partial charge in [0.2, 0.25) is 0 Å². The number of methoxy groups -OCH3 is 1. The van der Waals surface area contributed by atoms with Crippen molar-refractivity contribution in [3.05, 3.63) is 23.8 Å². The molecule has 0 aliphatic heterocycles. The molecular weight excluding hydrogens is 250 g/mol. The van der Waals surface area contributed by atoms with Gasteiger partial charge in [0.15, 0.2) is 11.5 Å². The SMILES string of the molecule is CCCC(C)Oc1ccc(CNC(C)(C)C)cc1OC. The van der Waals surface area contributed by atoms with E-state index in [1.54, 1.807) is 7.11 Å². The number of benzene rings is 1. The first-order chi connectivity index (χ1) is 9.35. The minimum Gasteiger partial charge on any atom is -0.493 e. The van der Waals surface area contributed by atoms with E-state index in [0.29, 0.717) is 0 Å². The lowest BCUT2D eigenvalue weighted by Crippen LogP contribution is -2.35. The predicted molar refractivity (Wildman–Crippen MR) is 84.6 cm³/mol. The van der Waals surface area contributed by atoms with E-state index in [4.69, 9.17) is 9.47 Å². The average Bonchev–Trinajstić information content (AvgIpc) is 2.37. The summed E-state index contributed by atoms with van der Waals surface area (Å²) in [5, 5.41) is 3.47. The number of hydrogen-bond acceptors (Lipinski definition) is 3. The molecular formula is C17H29NO2. The monoisotopic (exact) mass is 279 g/mol. The molecule has 0 bridgehead atoms. The van der Waals surface area contributed by atoms with Crippen LogP contribution >= 0.6 is 0 Å². The predicted octanol–water partition coefficient (Wildman–Crippen LogP) is 4.15. The maximum absolute atomic E-state index is 5.93. The molecule has 0 saturated heterocycles. The first-order valence-corrected chi connectivity index (χ1v) is 7.44. The number of hydrogen-bond donors (Lipinski definition) is 1. The summed E-state index contributed by atoms with van der Waals surface area (Å²) in [5.74, 6) is 1.63. The Balaban J connectivity index is 2.74. The van der Waals surface area contributed by atoms with Crippen LogP contribution in [0.5, 0.6) is 11.5 Å². The minimum absolute atomic E-state index is 0.109. The van der Waals surface area contributed by atoms with Gasteiger partial charge in [0.1, 0.15) is 0 Å². The van der Waals surface area contributed by atoms with Gasteiger partial charge in [-0.05, 0) is 51.8 Å². The highest BCUT2D eigenvalue weighted by Gasteiger charge is 2.12. The maximum Gasteiger partial charge on any atom is 0.161 e. The summed E-state index contributed by atoms with van der Waals surface area (Å²) in [6, 6.07) is 6.15. The van der Waals surface area contributed by atoms with Crippen LogP contribution in [0.25, 0.3) is 0 Å². The van der Waals surface area contributed by atoms with Gasteiger partial charge in [-0.1, -0.05) is 19.4 Å². The van der Waals surface area contributed by atoms with Gasteiger partial charge in [0, 0.05) is 12.1 Å². The molecule has 114 valence electrons. The second-order valence-electron chi connectivity index (χ2n) is 6.31. The number of nitrogens with one attached hydrogen (secondary N) is 1. The summed E-state index contributed by atoms with van der Waals surface area (Å²) in [5.41, 5.74) is 1.31. The van der Waals surface area contributed by atoms with Crippen molar-refractivity contribution in [1.82, 2.24) is 5.32 Å². The van der Waals surface area contributed by atoms with Crippen LogP contribution in [0.15, 0.2) is 18.2 Å². The molecule has 0 aliphatic rings. The smallest absolute Gasteiger partial charge is 0.161 e. The normalized spacial score (nSPS) is 13.1. The maximum atomic E-state index is 5.93. The fraction of sp³-hybridized carbons (Fsp3) is 0.647. The highest BCUT2D eigenvalue weighted by atomic mass is 16.5. The molecule has 1 N–H and O–H groups in total. The molecule has 0 aliphatic carbocycles. The Morgan fingerprint density at radius 3 is 2.45 bits per heavy atom. The van der Waals surface area contributed by atoms with Crippen molar-refractivity contribution < 1.29 is 9.47 Å². The Labute approximate surface area is 123 Å². The minimum atomic E-state index is 0.109. The molecule has 0 heterocycles. The Hall–Kier alpha value is -1.22. The van der Waals surface area contributed by atoms with Crippen molar-refractivity contribution in [3.8, 4) is 11.5 Å². The lowest BCUT2D eigenvalue weighted by atomic mass is 10.1. The summed E-state index contributed by atoms with van der Waals surface area (Å²) < 4.78 is 11.4. The molecule has 3 heteroatoms. The molecule has 0 spiro atoms. The van der Waals surface area contributed by atoms with E-state index in [9.17, 15) is 0 Å². The van der Waals surface area contributed by atoms with E-state index in [2.05, 4.69) is 46.0 Å². The first kappa shape index (κ1) is 16.8. The van der Waals surface area contributed by atoms with Gasteiger partial charge < -0.3 is 14.8 Å². The van der Waals surface area contributed by atoms with Crippen molar-refractivity contribution >= 4 is 0 Å². The van der Waals surface area contributed by atoms with E-state index in [1.165, 1.54) is 5.56 Å². The van der Waals surface area contributed by atoms with Gasteiger partial charge in [0.25, 0.3) is 0 Å². The van der Waals surface area contributed by atoms with Crippen LogP contribution in [0.1, 0.15) is 53.0 Å². The lowest BCUT2D eigenvalue weighted by Gasteiger charge is -2.21. The average molecular weight is 279 g/mol. The van der Waals surface area contributed by atoms with Crippen LogP contribution < -0.4 is 14.8 Å². The summed E-state index contributed by atoms with van der Waals surface area (Å²) in [4.78, 5) is 0. The third-order valence-electron chi connectivity index (χ3n) is 3.07. The van der Waals surface area contributed by atoms with Gasteiger partial charge in [-0.25, -0.2) is 0 Å². The molecule has 20 heavy (non-hydrogen) atoms.